The normalized spacial score (nSPS) is 24.0. The Labute approximate surface area is 100 Å². The number of aliphatic hydroxyl groups is 1. The van der Waals surface area contributed by atoms with Gasteiger partial charge in [0.05, 0.1) is 5.60 Å². The van der Waals surface area contributed by atoms with E-state index < -0.39 is 5.60 Å². The smallest absolute Gasteiger partial charge is 0.0741 e. The van der Waals surface area contributed by atoms with E-state index in [1.54, 1.807) is 0 Å². The molecule has 0 amide bonds. The molecule has 16 heavy (non-hydrogen) atoms. The van der Waals surface area contributed by atoms with Crippen molar-refractivity contribution < 1.29 is 5.11 Å². The van der Waals surface area contributed by atoms with Crippen molar-refractivity contribution in [3.05, 3.63) is 0 Å². The highest BCUT2D eigenvalue weighted by Gasteiger charge is 2.19. The van der Waals surface area contributed by atoms with Crippen LogP contribution in [-0.2, 0) is 0 Å². The summed E-state index contributed by atoms with van der Waals surface area (Å²) in [5, 5.41) is 13.3. The summed E-state index contributed by atoms with van der Waals surface area (Å²) in [6, 6.07) is 0.469. The predicted octanol–water partition coefficient (Wildman–Crippen LogP) is 1.61. The molecule has 1 aliphatic rings. The van der Waals surface area contributed by atoms with Crippen LogP contribution in [0.15, 0.2) is 0 Å². The third-order valence-corrected chi connectivity index (χ3v) is 3.57. The third-order valence-electron chi connectivity index (χ3n) is 3.57. The van der Waals surface area contributed by atoms with Crippen molar-refractivity contribution in [3.63, 3.8) is 0 Å². The summed E-state index contributed by atoms with van der Waals surface area (Å²) in [7, 11) is 0. The topological polar surface area (TPSA) is 35.5 Å². The first kappa shape index (κ1) is 13.9. The van der Waals surface area contributed by atoms with Gasteiger partial charge in [0.15, 0.2) is 0 Å². The Kier molecular flexibility index (Phi) is 5.73. The molecule has 3 nitrogen and oxygen atoms in total. The molecule has 0 bridgehead atoms. The Morgan fingerprint density at radius 1 is 1.31 bits per heavy atom. The van der Waals surface area contributed by atoms with Gasteiger partial charge in [-0.2, -0.15) is 0 Å². The molecule has 1 rings (SSSR count). The maximum absolute atomic E-state index is 9.90. The summed E-state index contributed by atoms with van der Waals surface area (Å²) in [5.41, 5.74) is -0.559. The largest absolute Gasteiger partial charge is 0.389 e. The maximum Gasteiger partial charge on any atom is 0.0741 e. The number of hydrogen-bond acceptors (Lipinski definition) is 3. The SMILES string of the molecule is CCC(C)(O)CNC(C)CN1CCCCC1. The van der Waals surface area contributed by atoms with E-state index in [-0.39, 0.29) is 0 Å². The first-order valence-electron chi connectivity index (χ1n) is 6.71. The Balaban J connectivity index is 2.17. The summed E-state index contributed by atoms with van der Waals surface area (Å²) < 4.78 is 0. The molecule has 1 saturated heterocycles. The Morgan fingerprint density at radius 3 is 2.50 bits per heavy atom. The lowest BCUT2D eigenvalue weighted by Crippen LogP contribution is -2.46. The van der Waals surface area contributed by atoms with Crippen molar-refractivity contribution >= 4 is 0 Å². The molecule has 2 N–H and O–H groups in total. The minimum absolute atomic E-state index is 0.469. The van der Waals surface area contributed by atoms with Crippen LogP contribution in [0.4, 0.5) is 0 Å². The zero-order valence-corrected chi connectivity index (χ0v) is 11.1. The van der Waals surface area contributed by atoms with Crippen LogP contribution in [0.25, 0.3) is 0 Å². The Morgan fingerprint density at radius 2 is 1.94 bits per heavy atom. The second-order valence-corrected chi connectivity index (χ2v) is 5.49. The van der Waals surface area contributed by atoms with E-state index in [9.17, 15) is 5.11 Å². The molecule has 2 atom stereocenters. The van der Waals surface area contributed by atoms with Crippen molar-refractivity contribution in [2.75, 3.05) is 26.2 Å². The molecular weight excluding hydrogens is 200 g/mol. The van der Waals surface area contributed by atoms with Crippen LogP contribution in [0.1, 0.15) is 46.5 Å². The highest BCUT2D eigenvalue weighted by atomic mass is 16.3. The van der Waals surface area contributed by atoms with E-state index in [1.165, 1.54) is 32.4 Å². The fourth-order valence-corrected chi connectivity index (χ4v) is 2.11. The van der Waals surface area contributed by atoms with Gasteiger partial charge in [0.2, 0.25) is 0 Å². The molecule has 3 heteroatoms. The first-order chi connectivity index (χ1) is 7.53. The van der Waals surface area contributed by atoms with E-state index in [4.69, 9.17) is 0 Å². The zero-order valence-electron chi connectivity index (χ0n) is 11.1. The molecule has 2 unspecified atom stereocenters. The average Bonchev–Trinajstić information content (AvgIpc) is 2.28. The van der Waals surface area contributed by atoms with Gasteiger partial charge < -0.3 is 15.3 Å². The number of nitrogens with one attached hydrogen (secondary N) is 1. The van der Waals surface area contributed by atoms with Gasteiger partial charge >= 0.3 is 0 Å². The lowest BCUT2D eigenvalue weighted by molar-refractivity contribution is 0.0515. The fraction of sp³-hybridized carbons (Fsp3) is 1.00. The summed E-state index contributed by atoms with van der Waals surface area (Å²) in [4.78, 5) is 2.53. The molecule has 0 aromatic carbocycles. The number of piperidine rings is 1. The van der Waals surface area contributed by atoms with Crippen LogP contribution in [0, 0.1) is 0 Å². The quantitative estimate of drug-likeness (QED) is 0.725. The van der Waals surface area contributed by atoms with Gasteiger partial charge in [-0.05, 0) is 46.2 Å². The molecule has 1 heterocycles. The van der Waals surface area contributed by atoms with E-state index in [2.05, 4.69) is 17.1 Å². The van der Waals surface area contributed by atoms with Crippen molar-refractivity contribution in [2.45, 2.75) is 58.1 Å². The number of rotatable bonds is 6. The lowest BCUT2D eigenvalue weighted by atomic mass is 10.0. The van der Waals surface area contributed by atoms with Crippen LogP contribution in [0.3, 0.4) is 0 Å². The highest BCUT2D eigenvalue weighted by Crippen LogP contribution is 2.10. The summed E-state index contributed by atoms with van der Waals surface area (Å²) >= 11 is 0. The van der Waals surface area contributed by atoms with Crippen molar-refractivity contribution in [2.24, 2.45) is 0 Å². The highest BCUT2D eigenvalue weighted by molar-refractivity contribution is 4.77. The minimum atomic E-state index is -0.559. The van der Waals surface area contributed by atoms with Crippen LogP contribution in [0.5, 0.6) is 0 Å². The number of hydrogen-bond donors (Lipinski definition) is 2. The Bertz CT molecular complexity index is 188. The second kappa shape index (κ2) is 6.58. The monoisotopic (exact) mass is 228 g/mol. The first-order valence-corrected chi connectivity index (χ1v) is 6.71. The Hall–Kier alpha value is -0.120. The average molecular weight is 228 g/mol. The summed E-state index contributed by atoms with van der Waals surface area (Å²) in [6.07, 6.45) is 4.89. The lowest BCUT2D eigenvalue weighted by Gasteiger charge is -2.31. The molecule has 0 spiro atoms. The second-order valence-electron chi connectivity index (χ2n) is 5.49. The fourth-order valence-electron chi connectivity index (χ4n) is 2.11. The van der Waals surface area contributed by atoms with Crippen LogP contribution in [-0.4, -0.2) is 47.8 Å². The van der Waals surface area contributed by atoms with Gasteiger partial charge in [0.1, 0.15) is 0 Å². The third kappa shape index (κ3) is 5.28. The molecular formula is C13H28N2O. The van der Waals surface area contributed by atoms with Crippen molar-refractivity contribution in [3.8, 4) is 0 Å². The van der Waals surface area contributed by atoms with Crippen molar-refractivity contribution in [1.82, 2.24) is 10.2 Å². The van der Waals surface area contributed by atoms with E-state index >= 15 is 0 Å². The van der Waals surface area contributed by atoms with Gasteiger partial charge in [0.25, 0.3) is 0 Å². The summed E-state index contributed by atoms with van der Waals surface area (Å²) in [5.74, 6) is 0. The van der Waals surface area contributed by atoms with Crippen LogP contribution in [0.2, 0.25) is 0 Å². The molecule has 0 saturated carbocycles. The predicted molar refractivity (Wildman–Crippen MR) is 68.7 cm³/mol. The minimum Gasteiger partial charge on any atom is -0.389 e. The molecule has 1 fully saturated rings. The molecule has 0 radical (unpaired) electrons. The van der Waals surface area contributed by atoms with Crippen LogP contribution >= 0.6 is 0 Å². The van der Waals surface area contributed by atoms with Gasteiger partial charge in [0, 0.05) is 19.1 Å². The molecule has 0 aromatic rings. The van der Waals surface area contributed by atoms with Gasteiger partial charge in [-0.25, -0.2) is 0 Å². The van der Waals surface area contributed by atoms with Crippen LogP contribution < -0.4 is 5.32 Å². The molecule has 0 aromatic heterocycles. The molecule has 0 aliphatic carbocycles. The standard InChI is InChI=1S/C13H28N2O/c1-4-13(3,16)11-14-12(2)10-15-8-6-5-7-9-15/h12,14,16H,4-11H2,1-3H3. The molecule has 1 aliphatic heterocycles. The maximum atomic E-state index is 9.90. The van der Waals surface area contributed by atoms with E-state index in [0.29, 0.717) is 12.6 Å². The van der Waals surface area contributed by atoms with Gasteiger partial charge in [-0.15, -0.1) is 0 Å². The van der Waals surface area contributed by atoms with Crippen molar-refractivity contribution in [1.29, 1.82) is 0 Å². The number of nitrogens with zero attached hydrogens (tertiary/aromatic N) is 1. The molecule has 96 valence electrons. The van der Waals surface area contributed by atoms with Gasteiger partial charge in [-0.1, -0.05) is 13.3 Å². The summed E-state index contributed by atoms with van der Waals surface area (Å²) in [6.45, 7) is 10.4. The zero-order chi connectivity index (χ0) is 12.0. The van der Waals surface area contributed by atoms with E-state index in [0.717, 1.165) is 13.0 Å². The number of likely N-dealkylation sites (tertiary alicyclic amines) is 1. The van der Waals surface area contributed by atoms with E-state index in [1.807, 2.05) is 13.8 Å². The van der Waals surface area contributed by atoms with Gasteiger partial charge in [-0.3, -0.25) is 0 Å².